The maximum atomic E-state index is 12.9. The highest BCUT2D eigenvalue weighted by Crippen LogP contribution is 2.16. The van der Waals surface area contributed by atoms with E-state index in [0.29, 0.717) is 19.3 Å². The van der Waals surface area contributed by atoms with Crippen LogP contribution in [0.4, 0.5) is 0 Å². The van der Waals surface area contributed by atoms with Gasteiger partial charge in [-0.2, -0.15) is 0 Å². The van der Waals surface area contributed by atoms with Gasteiger partial charge in [0.05, 0.1) is 0 Å². The third-order valence-electron chi connectivity index (χ3n) is 12.5. The van der Waals surface area contributed by atoms with Crippen LogP contribution in [0.5, 0.6) is 0 Å². The number of carbonyl (C=O) groups excluding carboxylic acids is 3. The summed E-state index contributed by atoms with van der Waals surface area (Å²) < 4.78 is 16.9. The van der Waals surface area contributed by atoms with Crippen LogP contribution in [0.15, 0.2) is 60.8 Å². The molecule has 1 unspecified atom stereocenters. The summed E-state index contributed by atoms with van der Waals surface area (Å²) in [4.78, 5) is 38.1. The van der Waals surface area contributed by atoms with Gasteiger partial charge in [0.15, 0.2) is 6.10 Å². The van der Waals surface area contributed by atoms with Crippen LogP contribution in [0, 0.1) is 0 Å². The van der Waals surface area contributed by atoms with Gasteiger partial charge in [-0.25, -0.2) is 0 Å². The molecule has 0 aromatic heterocycles. The van der Waals surface area contributed by atoms with E-state index in [1.165, 1.54) is 161 Å². The Kier molecular flexibility index (Phi) is 53.3. The molecule has 0 heterocycles. The first-order chi connectivity index (χ1) is 33.0. The van der Waals surface area contributed by atoms with Gasteiger partial charge in [0.25, 0.3) is 0 Å². The fraction of sp³-hybridized carbons (Fsp3) is 0.787. The van der Waals surface area contributed by atoms with E-state index >= 15 is 0 Å². The van der Waals surface area contributed by atoms with E-state index in [2.05, 4.69) is 81.5 Å². The lowest BCUT2D eigenvalue weighted by molar-refractivity contribution is -0.167. The number of unbranched alkanes of at least 4 members (excludes halogenated alkanes) is 31. The minimum absolute atomic E-state index is 0.0779. The predicted octanol–water partition coefficient (Wildman–Crippen LogP) is 19.2. The Labute approximate surface area is 415 Å². The Morgan fingerprint density at radius 1 is 0.313 bits per heavy atom. The van der Waals surface area contributed by atoms with Crippen molar-refractivity contribution in [3.05, 3.63) is 60.8 Å². The zero-order chi connectivity index (χ0) is 48.6. The molecule has 0 aromatic carbocycles. The first-order valence-electron chi connectivity index (χ1n) is 28.8. The first kappa shape index (κ1) is 64.1. The highest BCUT2D eigenvalue weighted by molar-refractivity contribution is 5.71. The maximum absolute atomic E-state index is 12.9. The molecule has 0 amide bonds. The quantitative estimate of drug-likeness (QED) is 0.0262. The molecule has 0 aliphatic heterocycles. The Hall–Kier alpha value is -2.89. The number of hydrogen-bond donors (Lipinski definition) is 0. The van der Waals surface area contributed by atoms with Crippen LogP contribution in [0.25, 0.3) is 0 Å². The van der Waals surface area contributed by atoms with Crippen molar-refractivity contribution >= 4 is 17.9 Å². The minimum Gasteiger partial charge on any atom is -0.462 e. The Balaban J connectivity index is 4.38. The largest absolute Gasteiger partial charge is 0.462 e. The Bertz CT molecular complexity index is 1210. The van der Waals surface area contributed by atoms with Gasteiger partial charge in [-0.3, -0.25) is 14.4 Å². The molecule has 1 atom stereocenters. The molecule has 0 saturated carbocycles. The number of esters is 3. The molecule has 6 heteroatoms. The van der Waals surface area contributed by atoms with E-state index in [4.69, 9.17) is 14.2 Å². The first-order valence-corrected chi connectivity index (χ1v) is 28.8. The molecule has 0 rings (SSSR count). The van der Waals surface area contributed by atoms with Crippen molar-refractivity contribution in [1.29, 1.82) is 0 Å². The number of carbonyl (C=O) groups is 3. The molecule has 6 nitrogen and oxygen atoms in total. The summed E-state index contributed by atoms with van der Waals surface area (Å²) in [6.07, 6.45) is 69.2. The van der Waals surface area contributed by atoms with Crippen molar-refractivity contribution in [2.24, 2.45) is 0 Å². The highest BCUT2D eigenvalue weighted by Gasteiger charge is 2.19. The zero-order valence-electron chi connectivity index (χ0n) is 44.4. The normalized spacial score (nSPS) is 12.5. The van der Waals surface area contributed by atoms with E-state index in [1.54, 1.807) is 0 Å². The fourth-order valence-corrected chi connectivity index (χ4v) is 8.19. The summed E-state index contributed by atoms with van der Waals surface area (Å²) in [5.74, 6) is -0.885. The van der Waals surface area contributed by atoms with Crippen LogP contribution in [0.3, 0.4) is 0 Å². The minimum atomic E-state index is -0.780. The van der Waals surface area contributed by atoms with Crippen molar-refractivity contribution in [3.8, 4) is 0 Å². The maximum Gasteiger partial charge on any atom is 0.306 e. The highest BCUT2D eigenvalue weighted by atomic mass is 16.6. The number of hydrogen-bond acceptors (Lipinski definition) is 6. The Morgan fingerprint density at radius 2 is 0.582 bits per heavy atom. The van der Waals surface area contributed by atoms with Crippen molar-refractivity contribution in [2.45, 2.75) is 297 Å². The van der Waals surface area contributed by atoms with Gasteiger partial charge >= 0.3 is 17.9 Å². The summed E-state index contributed by atoms with van der Waals surface area (Å²) in [7, 11) is 0. The average Bonchev–Trinajstić information content (AvgIpc) is 3.33. The summed E-state index contributed by atoms with van der Waals surface area (Å²) >= 11 is 0. The second-order valence-electron chi connectivity index (χ2n) is 19.2. The topological polar surface area (TPSA) is 78.9 Å². The summed E-state index contributed by atoms with van der Waals surface area (Å²) in [5, 5.41) is 0. The fourth-order valence-electron chi connectivity index (χ4n) is 8.19. The SMILES string of the molecule is CC/C=C\C/C=C\C/C=C\C/C=C\CCCCCCCCC(=O)OCC(COC(=O)CCCCCCCCCCCCCCC)OC(=O)CCCCCCCCC/C=C\CCCCCCCC. The molecule has 0 radical (unpaired) electrons. The monoisotopic (exact) mass is 937 g/mol. The number of ether oxygens (including phenoxy) is 3. The van der Waals surface area contributed by atoms with Crippen molar-refractivity contribution in [2.75, 3.05) is 13.2 Å². The van der Waals surface area contributed by atoms with Gasteiger partial charge < -0.3 is 14.2 Å². The molecule has 0 bridgehead atoms. The molecular weight excluding hydrogens is 829 g/mol. The smallest absolute Gasteiger partial charge is 0.306 e. The summed E-state index contributed by atoms with van der Waals surface area (Å²) in [5.41, 5.74) is 0. The number of allylic oxidation sites excluding steroid dienone is 10. The predicted molar refractivity (Wildman–Crippen MR) is 288 cm³/mol. The van der Waals surface area contributed by atoms with E-state index in [9.17, 15) is 14.4 Å². The van der Waals surface area contributed by atoms with Gasteiger partial charge in [0.2, 0.25) is 0 Å². The average molecular weight is 938 g/mol. The van der Waals surface area contributed by atoms with Gasteiger partial charge in [-0.1, -0.05) is 248 Å². The van der Waals surface area contributed by atoms with Crippen molar-refractivity contribution in [1.82, 2.24) is 0 Å². The Morgan fingerprint density at radius 3 is 0.925 bits per heavy atom. The molecule has 0 saturated heterocycles. The van der Waals surface area contributed by atoms with E-state index < -0.39 is 6.10 Å². The van der Waals surface area contributed by atoms with E-state index in [0.717, 1.165) is 89.9 Å². The van der Waals surface area contributed by atoms with E-state index in [-0.39, 0.29) is 31.1 Å². The lowest BCUT2D eigenvalue weighted by Gasteiger charge is -2.18. The second kappa shape index (κ2) is 55.7. The summed E-state index contributed by atoms with van der Waals surface area (Å²) in [6, 6.07) is 0. The lowest BCUT2D eigenvalue weighted by Crippen LogP contribution is -2.30. The lowest BCUT2D eigenvalue weighted by atomic mass is 10.0. The standard InChI is InChI=1S/C61H108O6/c1-4-7-10-13-16-19-22-25-27-29-30-32-33-36-39-42-45-48-51-54-60(63)66-57-58(56-65-59(62)53-50-47-44-41-38-35-24-21-18-15-12-9-6-3)67-61(64)55-52-49-46-43-40-37-34-31-28-26-23-20-17-14-11-8-5-2/h7,10,16,19,25-28,30,32,58H,4-6,8-9,11-15,17-18,20-24,29,31,33-57H2,1-3H3/b10-7-,19-16-,27-25-,28-26-,32-30-. The third kappa shape index (κ3) is 53.9. The van der Waals surface area contributed by atoms with Crippen molar-refractivity contribution < 1.29 is 28.6 Å². The van der Waals surface area contributed by atoms with Crippen LogP contribution < -0.4 is 0 Å². The van der Waals surface area contributed by atoms with Gasteiger partial charge in [-0.15, -0.1) is 0 Å². The molecule has 0 aromatic rings. The molecule has 388 valence electrons. The van der Waals surface area contributed by atoms with Gasteiger partial charge in [0, 0.05) is 19.3 Å². The zero-order valence-corrected chi connectivity index (χ0v) is 44.4. The number of rotatable bonds is 52. The van der Waals surface area contributed by atoms with E-state index in [1.807, 2.05) is 0 Å². The molecule has 0 fully saturated rings. The third-order valence-corrected chi connectivity index (χ3v) is 12.5. The molecule has 0 spiro atoms. The molecular formula is C61H108O6. The van der Waals surface area contributed by atoms with Crippen LogP contribution in [-0.2, 0) is 28.6 Å². The summed E-state index contributed by atoms with van der Waals surface area (Å²) in [6.45, 7) is 6.53. The van der Waals surface area contributed by atoms with Crippen LogP contribution >= 0.6 is 0 Å². The van der Waals surface area contributed by atoms with Crippen LogP contribution in [0.1, 0.15) is 290 Å². The van der Waals surface area contributed by atoms with Gasteiger partial charge in [-0.05, 0) is 83.5 Å². The van der Waals surface area contributed by atoms with Gasteiger partial charge in [0.1, 0.15) is 13.2 Å². The van der Waals surface area contributed by atoms with Crippen LogP contribution in [0.2, 0.25) is 0 Å². The molecule has 0 aliphatic rings. The molecule has 0 aliphatic carbocycles. The molecule has 0 N–H and O–H groups in total. The van der Waals surface area contributed by atoms with Crippen molar-refractivity contribution in [3.63, 3.8) is 0 Å². The second-order valence-corrected chi connectivity index (χ2v) is 19.2. The molecule has 67 heavy (non-hydrogen) atoms. The van der Waals surface area contributed by atoms with Crippen LogP contribution in [-0.4, -0.2) is 37.2 Å².